The molecule has 6 heteroatoms. The molecule has 0 radical (unpaired) electrons. The molecule has 0 bridgehead atoms. The Morgan fingerprint density at radius 3 is 3.06 bits per heavy atom. The molecular formula is C12H21N5O. The third-order valence-electron chi connectivity index (χ3n) is 2.98. The van der Waals surface area contributed by atoms with Gasteiger partial charge in [0.05, 0.1) is 6.10 Å². The Morgan fingerprint density at radius 1 is 1.56 bits per heavy atom. The van der Waals surface area contributed by atoms with E-state index in [9.17, 15) is 0 Å². The second kappa shape index (κ2) is 5.86. The third-order valence-corrected chi connectivity index (χ3v) is 2.98. The number of hydrogen-bond donors (Lipinski definition) is 2. The summed E-state index contributed by atoms with van der Waals surface area (Å²) in [4.78, 5) is 10.5. The molecule has 0 aromatic carbocycles. The Hall–Kier alpha value is -1.56. The first-order chi connectivity index (χ1) is 8.69. The summed E-state index contributed by atoms with van der Waals surface area (Å²) in [5.41, 5.74) is 5.72. The van der Waals surface area contributed by atoms with Crippen LogP contribution in [0.3, 0.4) is 0 Å². The summed E-state index contributed by atoms with van der Waals surface area (Å²) in [7, 11) is 2.00. The van der Waals surface area contributed by atoms with E-state index in [4.69, 9.17) is 10.5 Å². The first kappa shape index (κ1) is 12.9. The zero-order valence-corrected chi connectivity index (χ0v) is 11.0. The molecular weight excluding hydrogens is 230 g/mol. The van der Waals surface area contributed by atoms with Crippen LogP contribution >= 0.6 is 0 Å². The van der Waals surface area contributed by atoms with Crippen molar-refractivity contribution in [3.63, 3.8) is 0 Å². The second-order valence-electron chi connectivity index (χ2n) is 4.52. The van der Waals surface area contributed by atoms with Crippen LogP contribution in [-0.4, -0.2) is 42.8 Å². The van der Waals surface area contributed by atoms with Gasteiger partial charge >= 0.3 is 0 Å². The van der Waals surface area contributed by atoms with E-state index >= 15 is 0 Å². The third kappa shape index (κ3) is 3.22. The fraction of sp³-hybridized carbons (Fsp3) is 0.667. The summed E-state index contributed by atoms with van der Waals surface area (Å²) in [5, 5.41) is 3.15. The number of aromatic nitrogens is 2. The fourth-order valence-electron chi connectivity index (χ4n) is 2.11. The molecule has 0 spiro atoms. The molecule has 0 aliphatic carbocycles. The summed E-state index contributed by atoms with van der Waals surface area (Å²) >= 11 is 0. The fourth-order valence-corrected chi connectivity index (χ4v) is 2.11. The van der Waals surface area contributed by atoms with E-state index in [2.05, 4.69) is 20.2 Å². The summed E-state index contributed by atoms with van der Waals surface area (Å²) in [6, 6.07) is 1.91. The number of nitrogens with two attached hydrogens (primary N) is 1. The normalized spacial score (nSPS) is 18.9. The molecule has 2 heterocycles. The molecule has 1 aromatic heterocycles. The minimum atomic E-state index is 0.294. The number of nitrogens with zero attached hydrogens (tertiary/aromatic N) is 3. The van der Waals surface area contributed by atoms with E-state index in [1.54, 1.807) is 0 Å². The molecule has 1 unspecified atom stereocenters. The molecule has 18 heavy (non-hydrogen) atoms. The SMILES string of the molecule is CCNc1cc(N(C)CC2CCCO2)nc(N)n1. The van der Waals surface area contributed by atoms with Crippen molar-refractivity contribution in [2.75, 3.05) is 42.7 Å². The van der Waals surface area contributed by atoms with E-state index in [1.165, 1.54) is 0 Å². The summed E-state index contributed by atoms with van der Waals surface area (Å²) in [6.07, 6.45) is 2.56. The molecule has 1 atom stereocenters. The van der Waals surface area contributed by atoms with Gasteiger partial charge in [0.15, 0.2) is 0 Å². The topological polar surface area (TPSA) is 76.3 Å². The average Bonchev–Trinajstić information content (AvgIpc) is 2.81. The van der Waals surface area contributed by atoms with Gasteiger partial charge in [0, 0.05) is 32.8 Å². The van der Waals surface area contributed by atoms with Gasteiger partial charge in [0.1, 0.15) is 11.6 Å². The molecule has 0 saturated carbocycles. The van der Waals surface area contributed by atoms with E-state index in [0.29, 0.717) is 12.1 Å². The van der Waals surface area contributed by atoms with Gasteiger partial charge in [0.25, 0.3) is 0 Å². The van der Waals surface area contributed by atoms with Crippen LogP contribution in [0.2, 0.25) is 0 Å². The van der Waals surface area contributed by atoms with Crippen molar-refractivity contribution in [1.82, 2.24) is 9.97 Å². The lowest BCUT2D eigenvalue weighted by Gasteiger charge is -2.22. The first-order valence-corrected chi connectivity index (χ1v) is 6.40. The maximum atomic E-state index is 5.72. The number of likely N-dealkylation sites (N-methyl/N-ethyl adjacent to an activating group) is 1. The van der Waals surface area contributed by atoms with Crippen molar-refractivity contribution in [2.45, 2.75) is 25.9 Å². The molecule has 1 aliphatic rings. The number of anilines is 3. The Morgan fingerprint density at radius 2 is 2.39 bits per heavy atom. The molecule has 1 fully saturated rings. The van der Waals surface area contributed by atoms with E-state index in [1.807, 2.05) is 20.0 Å². The highest BCUT2D eigenvalue weighted by Gasteiger charge is 2.18. The minimum absolute atomic E-state index is 0.294. The number of nitrogen functional groups attached to an aromatic ring is 1. The lowest BCUT2D eigenvalue weighted by Crippen LogP contribution is -2.29. The Labute approximate surface area is 108 Å². The summed E-state index contributed by atoms with van der Waals surface area (Å²) in [6.45, 7) is 4.54. The van der Waals surface area contributed by atoms with Gasteiger partial charge in [-0.1, -0.05) is 0 Å². The van der Waals surface area contributed by atoms with E-state index in [-0.39, 0.29) is 0 Å². The van der Waals surface area contributed by atoms with Gasteiger partial charge in [-0.3, -0.25) is 0 Å². The maximum absolute atomic E-state index is 5.72. The Balaban J connectivity index is 2.05. The summed E-state index contributed by atoms with van der Waals surface area (Å²) in [5.74, 6) is 1.88. The van der Waals surface area contributed by atoms with Crippen LogP contribution in [-0.2, 0) is 4.74 Å². The number of rotatable bonds is 5. The average molecular weight is 251 g/mol. The predicted molar refractivity (Wildman–Crippen MR) is 72.9 cm³/mol. The van der Waals surface area contributed by atoms with Crippen LogP contribution < -0.4 is 16.0 Å². The summed E-state index contributed by atoms with van der Waals surface area (Å²) < 4.78 is 5.62. The maximum Gasteiger partial charge on any atom is 0.223 e. The van der Waals surface area contributed by atoms with Crippen molar-refractivity contribution < 1.29 is 4.74 Å². The highest BCUT2D eigenvalue weighted by Crippen LogP contribution is 2.19. The highest BCUT2D eigenvalue weighted by atomic mass is 16.5. The number of hydrogen-bond acceptors (Lipinski definition) is 6. The van der Waals surface area contributed by atoms with Gasteiger partial charge in [-0.15, -0.1) is 0 Å². The van der Waals surface area contributed by atoms with Gasteiger partial charge in [0.2, 0.25) is 5.95 Å². The molecule has 1 saturated heterocycles. The zero-order valence-electron chi connectivity index (χ0n) is 11.0. The van der Waals surface area contributed by atoms with Crippen LogP contribution in [0, 0.1) is 0 Å². The molecule has 2 rings (SSSR count). The minimum Gasteiger partial charge on any atom is -0.376 e. The van der Waals surface area contributed by atoms with Gasteiger partial charge in [-0.05, 0) is 19.8 Å². The predicted octanol–water partition coefficient (Wildman–Crippen LogP) is 1.11. The molecule has 1 aromatic rings. The smallest absolute Gasteiger partial charge is 0.223 e. The van der Waals surface area contributed by atoms with Crippen LogP contribution in [0.4, 0.5) is 17.6 Å². The van der Waals surface area contributed by atoms with Crippen molar-refractivity contribution in [1.29, 1.82) is 0 Å². The molecule has 0 amide bonds. The van der Waals surface area contributed by atoms with E-state index in [0.717, 1.165) is 44.2 Å². The van der Waals surface area contributed by atoms with Crippen molar-refractivity contribution in [3.8, 4) is 0 Å². The van der Waals surface area contributed by atoms with Crippen LogP contribution in [0.1, 0.15) is 19.8 Å². The quantitative estimate of drug-likeness (QED) is 0.816. The van der Waals surface area contributed by atoms with Gasteiger partial charge < -0.3 is 20.7 Å². The largest absolute Gasteiger partial charge is 0.376 e. The molecule has 6 nitrogen and oxygen atoms in total. The first-order valence-electron chi connectivity index (χ1n) is 6.40. The number of nitrogens with one attached hydrogen (secondary N) is 1. The van der Waals surface area contributed by atoms with Crippen LogP contribution in [0.5, 0.6) is 0 Å². The lowest BCUT2D eigenvalue weighted by atomic mass is 10.2. The van der Waals surface area contributed by atoms with Gasteiger partial charge in [-0.2, -0.15) is 9.97 Å². The monoisotopic (exact) mass is 251 g/mol. The highest BCUT2D eigenvalue weighted by molar-refractivity contribution is 5.52. The Kier molecular flexibility index (Phi) is 4.19. The van der Waals surface area contributed by atoms with E-state index < -0.39 is 0 Å². The van der Waals surface area contributed by atoms with Crippen molar-refractivity contribution in [2.24, 2.45) is 0 Å². The van der Waals surface area contributed by atoms with Crippen molar-refractivity contribution >= 4 is 17.6 Å². The molecule has 3 N–H and O–H groups in total. The zero-order chi connectivity index (χ0) is 13.0. The van der Waals surface area contributed by atoms with Crippen LogP contribution in [0.25, 0.3) is 0 Å². The standard InChI is InChI=1S/C12H21N5O/c1-3-14-10-7-11(16-12(13)15-10)17(2)8-9-5-4-6-18-9/h7,9H,3-6,8H2,1-2H3,(H3,13,14,15,16). The number of ether oxygens (including phenoxy) is 1. The Bertz CT molecular complexity index is 392. The molecule has 1 aliphatic heterocycles. The van der Waals surface area contributed by atoms with Gasteiger partial charge in [-0.25, -0.2) is 0 Å². The van der Waals surface area contributed by atoms with Crippen molar-refractivity contribution in [3.05, 3.63) is 6.07 Å². The second-order valence-corrected chi connectivity index (χ2v) is 4.52. The lowest BCUT2D eigenvalue weighted by molar-refractivity contribution is 0.116. The molecule has 100 valence electrons. The van der Waals surface area contributed by atoms with Crippen LogP contribution in [0.15, 0.2) is 6.07 Å².